The van der Waals surface area contributed by atoms with E-state index in [0.717, 1.165) is 23.4 Å². The molecule has 3 rings (SSSR count). The molecule has 0 aromatic heterocycles. The van der Waals surface area contributed by atoms with E-state index in [4.69, 9.17) is 0 Å². The molecule has 0 N–H and O–H groups in total. The van der Waals surface area contributed by atoms with E-state index in [1.54, 1.807) is 25.4 Å². The van der Waals surface area contributed by atoms with Crippen molar-refractivity contribution >= 4 is 7.26 Å². The Morgan fingerprint density at radius 3 is 2.29 bits per heavy atom. The van der Waals surface area contributed by atoms with Crippen molar-refractivity contribution in [3.05, 3.63) is 0 Å². The van der Waals surface area contributed by atoms with Gasteiger partial charge >= 0.3 is 135 Å². The first kappa shape index (κ1) is 17.8. The van der Waals surface area contributed by atoms with E-state index >= 15 is 0 Å². The summed E-state index contributed by atoms with van der Waals surface area (Å²) in [6.07, 6.45) is 12.2. The van der Waals surface area contributed by atoms with Gasteiger partial charge in [-0.2, -0.15) is 0 Å². The summed E-state index contributed by atoms with van der Waals surface area (Å²) < 4.78 is 0. The molecule has 0 radical (unpaired) electrons. The van der Waals surface area contributed by atoms with Gasteiger partial charge in [0.2, 0.25) is 0 Å². The van der Waals surface area contributed by atoms with Crippen molar-refractivity contribution in [2.75, 3.05) is 6.16 Å². The zero-order chi connectivity index (χ0) is 15.6. The molecule has 3 saturated heterocycles. The zero-order valence-corrected chi connectivity index (χ0v) is 16.6. The van der Waals surface area contributed by atoms with Gasteiger partial charge in [-0.1, -0.05) is 0 Å². The van der Waals surface area contributed by atoms with Crippen molar-refractivity contribution in [1.29, 1.82) is 0 Å². The first-order valence-corrected chi connectivity index (χ1v) is 12.5. The molecule has 0 aromatic carbocycles. The fraction of sp³-hybridized carbons (Fsp3) is 1.00. The van der Waals surface area contributed by atoms with Gasteiger partial charge in [-0.25, -0.2) is 0 Å². The molecule has 0 nitrogen and oxygen atoms in total. The average molecular weight is 313 g/mol. The van der Waals surface area contributed by atoms with Crippen LogP contribution in [0.5, 0.6) is 0 Å². The van der Waals surface area contributed by atoms with E-state index < -0.39 is 7.26 Å². The number of unbranched alkanes of at least 4 members (excludes halogenated alkanes) is 1. The maximum absolute atomic E-state index is 2.63. The Bertz CT molecular complexity index is 324. The third-order valence-corrected chi connectivity index (χ3v) is 14.9. The molecule has 3 aliphatic rings. The minimum absolute atomic E-state index is 0.909. The van der Waals surface area contributed by atoms with Crippen molar-refractivity contribution < 1.29 is 0 Å². The molecule has 0 aliphatic carbocycles. The third-order valence-electron chi connectivity index (χ3n) is 7.28. The van der Waals surface area contributed by atoms with Gasteiger partial charge in [-0.15, -0.1) is 0 Å². The predicted octanol–water partition coefficient (Wildman–Crippen LogP) is 6.57. The average Bonchev–Trinajstić information content (AvgIpc) is 2.82. The summed E-state index contributed by atoms with van der Waals surface area (Å²) in [6.45, 7) is 14.9. The Hall–Kier alpha value is 0.430. The second-order valence-corrected chi connectivity index (χ2v) is 13.7. The summed E-state index contributed by atoms with van der Waals surface area (Å²) in [4.78, 5) is 0. The molecule has 3 aliphatic heterocycles. The van der Waals surface area contributed by atoms with Gasteiger partial charge in [-0.3, -0.25) is 0 Å². The van der Waals surface area contributed by atoms with Crippen LogP contribution in [0.4, 0.5) is 0 Å². The normalized spacial score (nSPS) is 36.5. The van der Waals surface area contributed by atoms with Crippen LogP contribution in [0.2, 0.25) is 0 Å². The molecule has 1 heteroatoms. The molecule has 2 bridgehead atoms. The van der Waals surface area contributed by atoms with Crippen LogP contribution < -0.4 is 0 Å². The fourth-order valence-corrected chi connectivity index (χ4v) is 15.9. The van der Waals surface area contributed by atoms with Crippen LogP contribution in [0, 0.1) is 17.8 Å². The van der Waals surface area contributed by atoms with Crippen LogP contribution in [0.3, 0.4) is 0 Å². The third kappa shape index (κ3) is 2.96. The SMILES string of the molecule is CCCCC(CC)[PH]12CC(C(C)C1CC(C)C)C2CCC. The van der Waals surface area contributed by atoms with Crippen LogP contribution in [0.25, 0.3) is 0 Å². The Labute approximate surface area is 135 Å². The summed E-state index contributed by atoms with van der Waals surface area (Å²) in [6, 6.07) is 0. The maximum atomic E-state index is 2.63. The van der Waals surface area contributed by atoms with E-state index in [1.165, 1.54) is 37.0 Å². The molecule has 0 aromatic rings. The summed E-state index contributed by atoms with van der Waals surface area (Å²) in [5.74, 6) is 3.11. The van der Waals surface area contributed by atoms with Crippen molar-refractivity contribution in [2.24, 2.45) is 17.8 Å². The van der Waals surface area contributed by atoms with Crippen LogP contribution in [0.1, 0.15) is 86.5 Å². The van der Waals surface area contributed by atoms with Crippen molar-refractivity contribution in [3.63, 3.8) is 0 Å². The van der Waals surface area contributed by atoms with Gasteiger partial charge in [0.05, 0.1) is 0 Å². The summed E-state index contributed by atoms with van der Waals surface area (Å²) in [5.41, 5.74) is 3.53. The summed E-state index contributed by atoms with van der Waals surface area (Å²) >= 11 is 0. The Morgan fingerprint density at radius 1 is 1.05 bits per heavy atom. The number of hydrogen-bond acceptors (Lipinski definition) is 0. The van der Waals surface area contributed by atoms with E-state index in [2.05, 4.69) is 41.5 Å². The van der Waals surface area contributed by atoms with E-state index in [-0.39, 0.29) is 0 Å². The van der Waals surface area contributed by atoms with Crippen LogP contribution >= 0.6 is 7.26 Å². The number of fused-ring (bicyclic) bond motifs is 1. The first-order chi connectivity index (χ1) is 10.0. The van der Waals surface area contributed by atoms with Gasteiger partial charge in [0.25, 0.3) is 0 Å². The van der Waals surface area contributed by atoms with Crippen LogP contribution in [0.15, 0.2) is 0 Å². The van der Waals surface area contributed by atoms with Gasteiger partial charge in [0, 0.05) is 0 Å². The molecule has 3 fully saturated rings. The molecule has 0 saturated carbocycles. The minimum atomic E-state index is -1.02. The molecular formula is C20H41P. The zero-order valence-electron chi connectivity index (χ0n) is 15.6. The first-order valence-electron chi connectivity index (χ1n) is 10.0. The van der Waals surface area contributed by atoms with E-state index in [0.29, 0.717) is 0 Å². The fourth-order valence-electron chi connectivity index (χ4n) is 6.52. The molecule has 0 amide bonds. The Balaban J connectivity index is 2.23. The molecule has 21 heavy (non-hydrogen) atoms. The molecule has 5 unspecified atom stereocenters. The quantitative estimate of drug-likeness (QED) is 0.422. The topological polar surface area (TPSA) is 0 Å². The molecular weight excluding hydrogens is 271 g/mol. The molecule has 3 heterocycles. The van der Waals surface area contributed by atoms with Gasteiger partial charge in [0.15, 0.2) is 0 Å². The van der Waals surface area contributed by atoms with E-state index in [9.17, 15) is 0 Å². The van der Waals surface area contributed by atoms with Crippen molar-refractivity contribution in [2.45, 2.75) is 103 Å². The van der Waals surface area contributed by atoms with Crippen LogP contribution in [-0.4, -0.2) is 23.1 Å². The number of rotatable bonds is 9. The monoisotopic (exact) mass is 312 g/mol. The Morgan fingerprint density at radius 2 is 1.76 bits per heavy atom. The second kappa shape index (κ2) is 7.33. The van der Waals surface area contributed by atoms with Gasteiger partial charge in [-0.05, 0) is 0 Å². The van der Waals surface area contributed by atoms with Crippen molar-refractivity contribution in [3.8, 4) is 0 Å². The summed E-state index contributed by atoms with van der Waals surface area (Å²) in [7, 11) is -1.02. The van der Waals surface area contributed by atoms with Gasteiger partial charge < -0.3 is 0 Å². The van der Waals surface area contributed by atoms with Gasteiger partial charge in [0.1, 0.15) is 0 Å². The van der Waals surface area contributed by atoms with Crippen LogP contribution in [-0.2, 0) is 0 Å². The van der Waals surface area contributed by atoms with Crippen molar-refractivity contribution in [1.82, 2.24) is 0 Å². The van der Waals surface area contributed by atoms with E-state index in [1.807, 2.05) is 0 Å². The Kier molecular flexibility index (Phi) is 6.21. The number of hydrogen-bond donors (Lipinski definition) is 0. The molecule has 0 spiro atoms. The predicted molar refractivity (Wildman–Crippen MR) is 101 cm³/mol. The standard InChI is InChI=1S/C20H41P/c1-7-10-12-17(9-3)21-14-18(19(21)11-8-2)16(6)20(21)13-15(4)5/h15-21H,7-14H2,1-6H3. The molecule has 126 valence electrons. The molecule has 5 atom stereocenters. The summed E-state index contributed by atoms with van der Waals surface area (Å²) in [5, 5.41) is 0. The second-order valence-electron chi connectivity index (χ2n) is 8.72.